The standard InChI is InChI=1S/C24H28N4O4S2/c1-34(30,31)21-5-2-4-19(14-21)22-6-3-7-23(27-22)28-12-9-18(10-13-28)8-11-25-24(29)32-15-20-16-33-17-26-20/h2-7,14,16-18H,8-13,15H2,1H3,(H,25,29). The van der Waals surface area contributed by atoms with Gasteiger partial charge in [-0.2, -0.15) is 0 Å². The van der Waals surface area contributed by atoms with Crippen molar-refractivity contribution in [1.29, 1.82) is 0 Å². The first-order valence-electron chi connectivity index (χ1n) is 11.2. The highest BCUT2D eigenvalue weighted by Crippen LogP contribution is 2.27. The average Bonchev–Trinajstić information content (AvgIpc) is 3.37. The fourth-order valence-corrected chi connectivity index (χ4v) is 5.18. The van der Waals surface area contributed by atoms with Crippen molar-refractivity contribution < 1.29 is 17.9 Å². The van der Waals surface area contributed by atoms with Crippen LogP contribution in [-0.2, 0) is 21.2 Å². The Kier molecular flexibility index (Phi) is 7.79. The van der Waals surface area contributed by atoms with Crippen molar-refractivity contribution in [2.24, 2.45) is 5.92 Å². The maximum absolute atomic E-state index is 11.9. The SMILES string of the molecule is CS(=O)(=O)c1cccc(-c2cccc(N3CCC(CCNC(=O)OCc4cscn4)CC3)n2)c1. The first kappa shape index (κ1) is 24.2. The van der Waals surface area contributed by atoms with Gasteiger partial charge in [-0.15, -0.1) is 11.3 Å². The molecule has 4 rings (SSSR count). The summed E-state index contributed by atoms with van der Waals surface area (Å²) in [6.45, 7) is 2.56. The summed E-state index contributed by atoms with van der Waals surface area (Å²) in [6.07, 6.45) is 3.74. The summed E-state index contributed by atoms with van der Waals surface area (Å²) in [6, 6.07) is 12.7. The van der Waals surface area contributed by atoms with Gasteiger partial charge in [0.05, 0.1) is 21.8 Å². The molecule has 1 aliphatic rings. The van der Waals surface area contributed by atoms with Gasteiger partial charge in [0.25, 0.3) is 0 Å². The van der Waals surface area contributed by atoms with E-state index in [1.165, 1.54) is 17.6 Å². The minimum atomic E-state index is -3.27. The molecule has 3 aromatic rings. The van der Waals surface area contributed by atoms with E-state index in [0.29, 0.717) is 17.4 Å². The van der Waals surface area contributed by atoms with Crippen LogP contribution in [-0.4, -0.2) is 50.4 Å². The Hall–Kier alpha value is -2.98. The Morgan fingerprint density at radius 1 is 1.21 bits per heavy atom. The number of hydrogen-bond acceptors (Lipinski definition) is 8. The largest absolute Gasteiger partial charge is 0.443 e. The molecule has 0 spiro atoms. The van der Waals surface area contributed by atoms with Crippen LogP contribution in [0.1, 0.15) is 25.0 Å². The topological polar surface area (TPSA) is 101 Å². The first-order valence-corrected chi connectivity index (χ1v) is 14.0. The molecule has 0 bridgehead atoms. The minimum Gasteiger partial charge on any atom is -0.443 e. The molecular weight excluding hydrogens is 472 g/mol. The minimum absolute atomic E-state index is 0.193. The first-order chi connectivity index (χ1) is 16.4. The van der Waals surface area contributed by atoms with Crippen LogP contribution >= 0.6 is 11.3 Å². The van der Waals surface area contributed by atoms with Gasteiger partial charge in [0.15, 0.2) is 9.84 Å². The molecular formula is C24H28N4O4S2. The van der Waals surface area contributed by atoms with E-state index in [1.54, 1.807) is 23.7 Å². The zero-order valence-electron chi connectivity index (χ0n) is 19.0. The molecule has 180 valence electrons. The number of sulfone groups is 1. The van der Waals surface area contributed by atoms with Gasteiger partial charge in [0.2, 0.25) is 0 Å². The summed E-state index contributed by atoms with van der Waals surface area (Å²) in [5, 5.41) is 4.68. The number of rotatable bonds is 8. The number of piperidine rings is 1. The van der Waals surface area contributed by atoms with E-state index in [9.17, 15) is 13.2 Å². The molecule has 0 atom stereocenters. The molecule has 10 heteroatoms. The maximum atomic E-state index is 11.9. The normalized spacial score (nSPS) is 14.7. The number of pyridine rings is 1. The number of nitrogens with zero attached hydrogens (tertiary/aromatic N) is 3. The van der Waals surface area contributed by atoms with Crippen molar-refractivity contribution >= 4 is 33.1 Å². The fourth-order valence-electron chi connectivity index (χ4n) is 3.97. The third kappa shape index (κ3) is 6.54. The Bertz CT molecular complexity index is 1210. The predicted octanol–water partition coefficient (Wildman–Crippen LogP) is 4.14. The predicted molar refractivity (Wildman–Crippen MR) is 133 cm³/mol. The summed E-state index contributed by atoms with van der Waals surface area (Å²) in [5.74, 6) is 1.43. The highest BCUT2D eigenvalue weighted by Gasteiger charge is 2.21. The molecule has 1 fully saturated rings. The second-order valence-electron chi connectivity index (χ2n) is 8.38. The molecule has 0 aliphatic carbocycles. The lowest BCUT2D eigenvalue weighted by molar-refractivity contribution is 0.137. The number of carbonyl (C=O) groups excluding carboxylic acids is 1. The third-order valence-corrected chi connectivity index (χ3v) is 7.63. The van der Waals surface area contributed by atoms with Crippen molar-refractivity contribution in [3.05, 3.63) is 59.0 Å². The van der Waals surface area contributed by atoms with Crippen molar-refractivity contribution in [3.8, 4) is 11.3 Å². The van der Waals surface area contributed by atoms with Gasteiger partial charge in [-0.3, -0.25) is 0 Å². The van der Waals surface area contributed by atoms with E-state index < -0.39 is 15.9 Å². The van der Waals surface area contributed by atoms with Gasteiger partial charge < -0.3 is 15.0 Å². The number of carbonyl (C=O) groups is 1. The number of aromatic nitrogens is 2. The number of hydrogen-bond donors (Lipinski definition) is 1. The number of nitrogens with one attached hydrogen (secondary N) is 1. The smallest absolute Gasteiger partial charge is 0.407 e. The average molecular weight is 501 g/mol. The molecule has 2 aromatic heterocycles. The Balaban J connectivity index is 1.25. The Morgan fingerprint density at radius 2 is 2.00 bits per heavy atom. The van der Waals surface area contributed by atoms with Gasteiger partial charge in [-0.1, -0.05) is 18.2 Å². The van der Waals surface area contributed by atoms with Crippen LogP contribution < -0.4 is 10.2 Å². The number of amides is 1. The van der Waals surface area contributed by atoms with Crippen LogP contribution in [0.15, 0.2) is 58.3 Å². The van der Waals surface area contributed by atoms with Crippen molar-refractivity contribution in [3.63, 3.8) is 0 Å². The van der Waals surface area contributed by atoms with E-state index in [4.69, 9.17) is 9.72 Å². The summed E-state index contributed by atoms with van der Waals surface area (Å²) in [5.41, 5.74) is 4.01. The number of thiazole rings is 1. The van der Waals surface area contributed by atoms with Crippen LogP contribution in [0.3, 0.4) is 0 Å². The van der Waals surface area contributed by atoms with Crippen LogP contribution in [0, 0.1) is 5.92 Å². The highest BCUT2D eigenvalue weighted by molar-refractivity contribution is 7.90. The third-order valence-electron chi connectivity index (χ3n) is 5.89. The molecule has 1 N–H and O–H groups in total. The molecule has 34 heavy (non-hydrogen) atoms. The molecule has 8 nitrogen and oxygen atoms in total. The molecule has 3 heterocycles. The van der Waals surface area contributed by atoms with Crippen LogP contribution in [0.2, 0.25) is 0 Å². The molecule has 1 aliphatic heterocycles. The van der Waals surface area contributed by atoms with Gasteiger partial charge in [-0.05, 0) is 49.4 Å². The number of anilines is 1. The second kappa shape index (κ2) is 11.0. The molecule has 0 saturated carbocycles. The summed E-state index contributed by atoms with van der Waals surface area (Å²) < 4.78 is 29.0. The van der Waals surface area contributed by atoms with Crippen LogP contribution in [0.25, 0.3) is 11.3 Å². The monoisotopic (exact) mass is 500 g/mol. The summed E-state index contributed by atoms with van der Waals surface area (Å²) >= 11 is 1.47. The van der Waals surface area contributed by atoms with E-state index in [2.05, 4.69) is 15.2 Å². The lowest BCUT2D eigenvalue weighted by Gasteiger charge is -2.33. The number of alkyl carbamates (subject to hydrolysis) is 1. The lowest BCUT2D eigenvalue weighted by Crippen LogP contribution is -2.35. The Morgan fingerprint density at radius 3 is 2.74 bits per heavy atom. The van der Waals surface area contributed by atoms with Crippen LogP contribution in [0.4, 0.5) is 10.6 Å². The van der Waals surface area contributed by atoms with Gasteiger partial charge in [-0.25, -0.2) is 23.2 Å². The zero-order valence-corrected chi connectivity index (χ0v) is 20.6. The molecule has 1 saturated heterocycles. The quantitative estimate of drug-likeness (QED) is 0.496. The zero-order chi connectivity index (χ0) is 24.0. The van der Waals surface area contributed by atoms with Crippen molar-refractivity contribution in [2.45, 2.75) is 30.8 Å². The summed E-state index contributed by atoms with van der Waals surface area (Å²) in [4.78, 5) is 23.3. The van der Waals surface area contributed by atoms with E-state index >= 15 is 0 Å². The van der Waals surface area contributed by atoms with Crippen LogP contribution in [0.5, 0.6) is 0 Å². The van der Waals surface area contributed by atoms with E-state index in [1.807, 2.05) is 29.6 Å². The van der Waals surface area contributed by atoms with Gasteiger partial charge in [0.1, 0.15) is 12.4 Å². The summed E-state index contributed by atoms with van der Waals surface area (Å²) in [7, 11) is -3.27. The highest BCUT2D eigenvalue weighted by atomic mass is 32.2. The molecule has 0 radical (unpaired) electrons. The van der Waals surface area contributed by atoms with E-state index in [-0.39, 0.29) is 6.61 Å². The van der Waals surface area contributed by atoms with Gasteiger partial charge >= 0.3 is 6.09 Å². The lowest BCUT2D eigenvalue weighted by atomic mass is 9.93. The maximum Gasteiger partial charge on any atom is 0.407 e. The molecule has 0 unspecified atom stereocenters. The second-order valence-corrected chi connectivity index (χ2v) is 11.1. The number of ether oxygens (including phenoxy) is 1. The molecule has 1 aromatic carbocycles. The van der Waals surface area contributed by atoms with Crippen molar-refractivity contribution in [2.75, 3.05) is 30.8 Å². The van der Waals surface area contributed by atoms with Gasteiger partial charge in [0, 0.05) is 36.8 Å². The molecule has 1 amide bonds. The van der Waals surface area contributed by atoms with Crippen molar-refractivity contribution in [1.82, 2.24) is 15.3 Å². The van der Waals surface area contributed by atoms with E-state index in [0.717, 1.165) is 55.1 Å². The number of benzene rings is 1. The fraction of sp³-hybridized carbons (Fsp3) is 0.375. The Labute approximate surface area is 203 Å².